The predicted molar refractivity (Wildman–Crippen MR) is 47.9 cm³/mol. The summed E-state index contributed by atoms with van der Waals surface area (Å²) in [5.74, 6) is 0.763. The standard InChI is InChI=1S/C9H11NO3/c1-13-8-4-2-7(3-5-8)6-10-9(11)12/h2-5,10H,6H2,1H3,(H,11,12). The van der Waals surface area contributed by atoms with Gasteiger partial charge in [0.1, 0.15) is 5.75 Å². The molecule has 0 aliphatic heterocycles. The van der Waals surface area contributed by atoms with Crippen LogP contribution in [-0.4, -0.2) is 18.3 Å². The number of nitrogens with one attached hydrogen (secondary N) is 1. The smallest absolute Gasteiger partial charge is 0.404 e. The van der Waals surface area contributed by atoms with Crippen LogP contribution < -0.4 is 10.1 Å². The third-order valence-corrected chi connectivity index (χ3v) is 1.60. The molecule has 0 radical (unpaired) electrons. The van der Waals surface area contributed by atoms with Gasteiger partial charge in [-0.1, -0.05) is 12.1 Å². The highest BCUT2D eigenvalue weighted by Gasteiger charge is 1.96. The Morgan fingerprint density at radius 2 is 2.08 bits per heavy atom. The van der Waals surface area contributed by atoms with Crippen molar-refractivity contribution in [1.29, 1.82) is 0 Å². The van der Waals surface area contributed by atoms with Gasteiger partial charge < -0.3 is 15.2 Å². The zero-order chi connectivity index (χ0) is 9.68. The van der Waals surface area contributed by atoms with E-state index >= 15 is 0 Å². The Bertz CT molecular complexity index is 281. The molecule has 1 aromatic carbocycles. The van der Waals surface area contributed by atoms with Gasteiger partial charge in [-0.3, -0.25) is 0 Å². The Labute approximate surface area is 76.1 Å². The van der Waals surface area contributed by atoms with Crippen LogP contribution in [0.5, 0.6) is 5.75 Å². The van der Waals surface area contributed by atoms with Crippen molar-refractivity contribution < 1.29 is 14.6 Å². The quantitative estimate of drug-likeness (QED) is 0.742. The number of carbonyl (C=O) groups is 1. The summed E-state index contributed by atoms with van der Waals surface area (Å²) in [6, 6.07) is 7.21. The number of rotatable bonds is 3. The van der Waals surface area contributed by atoms with Crippen LogP contribution in [0.25, 0.3) is 0 Å². The van der Waals surface area contributed by atoms with Crippen molar-refractivity contribution in [2.24, 2.45) is 0 Å². The Morgan fingerprint density at radius 3 is 2.54 bits per heavy atom. The van der Waals surface area contributed by atoms with Gasteiger partial charge >= 0.3 is 6.09 Å². The number of amides is 1. The molecule has 1 rings (SSSR count). The Hall–Kier alpha value is -1.71. The van der Waals surface area contributed by atoms with Crippen LogP contribution in [0.15, 0.2) is 24.3 Å². The molecule has 1 amide bonds. The summed E-state index contributed by atoms with van der Waals surface area (Å²) >= 11 is 0. The maximum atomic E-state index is 10.2. The largest absolute Gasteiger partial charge is 0.497 e. The minimum absolute atomic E-state index is 0.319. The summed E-state index contributed by atoms with van der Waals surface area (Å²) in [6.45, 7) is 0.319. The summed E-state index contributed by atoms with van der Waals surface area (Å²) in [7, 11) is 1.59. The third-order valence-electron chi connectivity index (χ3n) is 1.60. The molecule has 13 heavy (non-hydrogen) atoms. The number of hydrogen-bond donors (Lipinski definition) is 2. The van der Waals surface area contributed by atoms with Gasteiger partial charge in [0.25, 0.3) is 0 Å². The second-order valence-electron chi connectivity index (χ2n) is 2.51. The van der Waals surface area contributed by atoms with E-state index in [-0.39, 0.29) is 0 Å². The maximum absolute atomic E-state index is 10.2. The van der Waals surface area contributed by atoms with E-state index in [2.05, 4.69) is 5.32 Å². The van der Waals surface area contributed by atoms with Crippen LogP contribution in [-0.2, 0) is 6.54 Å². The summed E-state index contributed by atoms with van der Waals surface area (Å²) < 4.78 is 4.96. The first kappa shape index (κ1) is 9.38. The molecular weight excluding hydrogens is 170 g/mol. The average Bonchev–Trinajstić information content (AvgIpc) is 2.15. The van der Waals surface area contributed by atoms with E-state index in [1.54, 1.807) is 19.2 Å². The Balaban J connectivity index is 2.54. The van der Waals surface area contributed by atoms with E-state index in [0.717, 1.165) is 11.3 Å². The molecule has 0 aromatic heterocycles. The summed E-state index contributed by atoms with van der Waals surface area (Å²) in [6.07, 6.45) is -1.02. The lowest BCUT2D eigenvalue weighted by Crippen LogP contribution is -2.19. The summed E-state index contributed by atoms with van der Waals surface area (Å²) in [4.78, 5) is 10.2. The lowest BCUT2D eigenvalue weighted by atomic mass is 10.2. The molecule has 4 nitrogen and oxygen atoms in total. The third kappa shape index (κ3) is 3.02. The molecule has 0 aliphatic carbocycles. The monoisotopic (exact) mass is 181 g/mol. The van der Waals surface area contributed by atoms with Crippen LogP contribution >= 0.6 is 0 Å². The fourth-order valence-corrected chi connectivity index (χ4v) is 0.921. The maximum Gasteiger partial charge on any atom is 0.404 e. The number of ether oxygens (including phenoxy) is 1. The first-order valence-electron chi connectivity index (χ1n) is 3.82. The van der Waals surface area contributed by atoms with Crippen LogP contribution in [0.4, 0.5) is 4.79 Å². The van der Waals surface area contributed by atoms with Gasteiger partial charge in [0, 0.05) is 6.54 Å². The van der Waals surface area contributed by atoms with E-state index in [1.807, 2.05) is 12.1 Å². The molecule has 0 heterocycles. The van der Waals surface area contributed by atoms with E-state index < -0.39 is 6.09 Å². The van der Waals surface area contributed by atoms with Gasteiger partial charge in [-0.2, -0.15) is 0 Å². The number of carboxylic acid groups (broad SMARTS) is 1. The van der Waals surface area contributed by atoms with Crippen molar-refractivity contribution in [3.63, 3.8) is 0 Å². The first-order chi connectivity index (χ1) is 6.22. The molecule has 0 bridgehead atoms. The second kappa shape index (κ2) is 4.35. The molecule has 2 N–H and O–H groups in total. The van der Waals surface area contributed by atoms with Crippen molar-refractivity contribution in [3.05, 3.63) is 29.8 Å². The number of hydrogen-bond acceptors (Lipinski definition) is 2. The lowest BCUT2D eigenvalue weighted by molar-refractivity contribution is 0.194. The van der Waals surface area contributed by atoms with Crippen LogP contribution in [0.3, 0.4) is 0 Å². The van der Waals surface area contributed by atoms with E-state index in [4.69, 9.17) is 9.84 Å². The van der Waals surface area contributed by atoms with Crippen molar-refractivity contribution in [2.45, 2.75) is 6.54 Å². The SMILES string of the molecule is COc1ccc(CNC(=O)O)cc1. The highest BCUT2D eigenvalue weighted by molar-refractivity contribution is 5.64. The molecule has 70 valence electrons. The minimum atomic E-state index is -1.02. The Morgan fingerprint density at radius 1 is 1.46 bits per heavy atom. The normalized spacial score (nSPS) is 9.31. The number of benzene rings is 1. The zero-order valence-electron chi connectivity index (χ0n) is 7.28. The zero-order valence-corrected chi connectivity index (χ0v) is 7.28. The topological polar surface area (TPSA) is 58.6 Å². The van der Waals surface area contributed by atoms with Gasteiger partial charge in [0.05, 0.1) is 7.11 Å². The molecular formula is C9H11NO3. The highest BCUT2D eigenvalue weighted by Crippen LogP contribution is 2.10. The fraction of sp³-hybridized carbons (Fsp3) is 0.222. The summed E-state index contributed by atoms with van der Waals surface area (Å²) in [5.41, 5.74) is 0.906. The Kier molecular flexibility index (Phi) is 3.14. The molecule has 0 atom stereocenters. The molecule has 0 spiro atoms. The van der Waals surface area contributed by atoms with Gasteiger partial charge in [-0.15, -0.1) is 0 Å². The second-order valence-corrected chi connectivity index (χ2v) is 2.51. The van der Waals surface area contributed by atoms with E-state index in [9.17, 15) is 4.79 Å². The number of methoxy groups -OCH3 is 1. The first-order valence-corrected chi connectivity index (χ1v) is 3.82. The van der Waals surface area contributed by atoms with Crippen molar-refractivity contribution >= 4 is 6.09 Å². The van der Waals surface area contributed by atoms with E-state index in [0.29, 0.717) is 6.54 Å². The molecule has 0 saturated heterocycles. The van der Waals surface area contributed by atoms with Gasteiger partial charge in [-0.25, -0.2) is 4.79 Å². The van der Waals surface area contributed by atoms with E-state index in [1.165, 1.54) is 0 Å². The molecule has 1 aromatic rings. The van der Waals surface area contributed by atoms with Crippen molar-refractivity contribution in [1.82, 2.24) is 5.32 Å². The molecule has 0 fully saturated rings. The lowest BCUT2D eigenvalue weighted by Gasteiger charge is -2.02. The predicted octanol–water partition coefficient (Wildman–Crippen LogP) is 1.46. The fourth-order valence-electron chi connectivity index (χ4n) is 0.921. The molecule has 0 aliphatic rings. The highest BCUT2D eigenvalue weighted by atomic mass is 16.5. The van der Waals surface area contributed by atoms with Gasteiger partial charge in [-0.05, 0) is 17.7 Å². The van der Waals surface area contributed by atoms with Crippen LogP contribution in [0.1, 0.15) is 5.56 Å². The van der Waals surface area contributed by atoms with Crippen LogP contribution in [0, 0.1) is 0 Å². The van der Waals surface area contributed by atoms with Crippen molar-refractivity contribution in [3.8, 4) is 5.75 Å². The van der Waals surface area contributed by atoms with Crippen LogP contribution in [0.2, 0.25) is 0 Å². The minimum Gasteiger partial charge on any atom is -0.497 e. The van der Waals surface area contributed by atoms with Gasteiger partial charge in [0.15, 0.2) is 0 Å². The van der Waals surface area contributed by atoms with Gasteiger partial charge in [0.2, 0.25) is 0 Å². The van der Waals surface area contributed by atoms with Crippen molar-refractivity contribution in [2.75, 3.05) is 7.11 Å². The molecule has 0 saturated carbocycles. The summed E-state index contributed by atoms with van der Waals surface area (Å²) in [5, 5.41) is 10.6. The molecule has 0 unspecified atom stereocenters. The molecule has 4 heteroatoms. The average molecular weight is 181 g/mol.